The zero-order valence-corrected chi connectivity index (χ0v) is 18.2. The zero-order chi connectivity index (χ0) is 20.1. The van der Waals surface area contributed by atoms with Gasteiger partial charge in [-0.3, -0.25) is 9.69 Å². The van der Waals surface area contributed by atoms with E-state index >= 15 is 0 Å². The van der Waals surface area contributed by atoms with Crippen molar-refractivity contribution in [3.8, 4) is 0 Å². The van der Waals surface area contributed by atoms with Crippen LogP contribution in [0, 0.1) is 0 Å². The summed E-state index contributed by atoms with van der Waals surface area (Å²) in [4.78, 5) is 16.1. The van der Waals surface area contributed by atoms with Crippen molar-refractivity contribution in [1.82, 2.24) is 15.5 Å². The molecule has 4 rings (SSSR count). The zero-order valence-electron chi connectivity index (χ0n) is 17.4. The molecule has 2 heterocycles. The molecule has 1 atom stereocenters. The maximum atomic E-state index is 12.6. The lowest BCUT2D eigenvalue weighted by Gasteiger charge is -2.39. The van der Waals surface area contributed by atoms with Gasteiger partial charge in [-0.2, -0.15) is 0 Å². The third-order valence-electron chi connectivity index (χ3n) is 5.08. The van der Waals surface area contributed by atoms with Crippen molar-refractivity contribution in [2.75, 3.05) is 19.4 Å². The number of benzene rings is 2. The Morgan fingerprint density at radius 1 is 1.16 bits per heavy atom. The third-order valence-corrected chi connectivity index (χ3v) is 5.82. The number of carbonyl (C=O) groups excluding carboxylic acids is 1. The Labute approximate surface area is 188 Å². The van der Waals surface area contributed by atoms with Gasteiger partial charge in [0.25, 0.3) is 5.91 Å². The highest BCUT2D eigenvalue weighted by molar-refractivity contribution is 7.98. The summed E-state index contributed by atoms with van der Waals surface area (Å²) in [6.07, 6.45) is 5.64. The number of ether oxygens (including phenoxy) is 1. The fourth-order valence-corrected chi connectivity index (χ4v) is 3.90. The number of hydrogen-bond acceptors (Lipinski definition) is 5. The number of rotatable bonds is 6. The smallest absolute Gasteiger partial charge is 0.253 e. The first kappa shape index (κ1) is 24.5. The van der Waals surface area contributed by atoms with Gasteiger partial charge < -0.3 is 26.3 Å². The summed E-state index contributed by atoms with van der Waals surface area (Å²) in [6.45, 7) is 2.79. The van der Waals surface area contributed by atoms with E-state index in [1.165, 1.54) is 10.5 Å². The second-order valence-corrected chi connectivity index (χ2v) is 7.93. The number of amides is 1. The van der Waals surface area contributed by atoms with Gasteiger partial charge in [0.1, 0.15) is 18.5 Å². The van der Waals surface area contributed by atoms with E-state index in [4.69, 9.17) is 4.74 Å². The largest absolute Gasteiger partial charge is 0.493 e. The SMILES string of the molecule is CSc1ccc(CNC(=O)C2=CNC3C(=C2)OCCN3Cc2ccccc2)cc1.O.O.[HH]. The molecule has 0 saturated carbocycles. The van der Waals surface area contributed by atoms with E-state index in [9.17, 15) is 4.79 Å². The molecule has 8 heteroatoms. The number of hydrogen-bond donors (Lipinski definition) is 2. The summed E-state index contributed by atoms with van der Waals surface area (Å²) in [6, 6.07) is 18.6. The average molecular weight is 446 g/mol. The second kappa shape index (κ2) is 11.6. The van der Waals surface area contributed by atoms with Crippen LogP contribution in [0.1, 0.15) is 12.6 Å². The van der Waals surface area contributed by atoms with Crippen LogP contribution < -0.4 is 10.6 Å². The highest BCUT2D eigenvalue weighted by Gasteiger charge is 2.30. The standard InChI is InChI=1S/C23H25N3O2S.2H2O.H2/c1-29-20-9-7-17(8-10-20)14-25-23(27)19-13-21-22(24-15-19)26(11-12-28-21)16-18-5-3-2-4-6-18;;;/h2-10,13,15,22,24H,11-12,14,16H2,1H3,(H,25,27);2*1H2;1H. The minimum absolute atomic E-state index is 0. The summed E-state index contributed by atoms with van der Waals surface area (Å²) in [5.41, 5.74) is 2.92. The lowest BCUT2D eigenvalue weighted by molar-refractivity contribution is -0.117. The van der Waals surface area contributed by atoms with Crippen molar-refractivity contribution >= 4 is 17.7 Å². The van der Waals surface area contributed by atoms with Crippen molar-refractivity contribution in [2.24, 2.45) is 0 Å². The molecule has 1 fully saturated rings. The molecule has 2 aliphatic rings. The Morgan fingerprint density at radius 2 is 1.90 bits per heavy atom. The number of nitrogens with one attached hydrogen (secondary N) is 2. The van der Waals surface area contributed by atoms with E-state index < -0.39 is 0 Å². The van der Waals surface area contributed by atoms with Crippen molar-refractivity contribution < 1.29 is 21.9 Å². The van der Waals surface area contributed by atoms with E-state index in [0.717, 1.165) is 24.4 Å². The van der Waals surface area contributed by atoms with E-state index in [0.29, 0.717) is 18.7 Å². The number of fused-ring (bicyclic) bond motifs is 1. The van der Waals surface area contributed by atoms with E-state index in [1.807, 2.05) is 24.3 Å². The minimum Gasteiger partial charge on any atom is -0.493 e. The summed E-state index contributed by atoms with van der Waals surface area (Å²) in [7, 11) is 0. The van der Waals surface area contributed by atoms with Crippen LogP contribution in [0.4, 0.5) is 0 Å². The van der Waals surface area contributed by atoms with Crippen molar-refractivity contribution in [3.63, 3.8) is 0 Å². The molecule has 2 aromatic rings. The Balaban J connectivity index is 0.00000171. The van der Waals surface area contributed by atoms with Crippen LogP contribution in [-0.2, 0) is 22.6 Å². The third kappa shape index (κ3) is 6.11. The second-order valence-electron chi connectivity index (χ2n) is 7.05. The van der Waals surface area contributed by atoms with Crippen molar-refractivity contribution in [3.05, 3.63) is 89.3 Å². The van der Waals surface area contributed by atoms with Crippen LogP contribution in [0.25, 0.3) is 0 Å². The van der Waals surface area contributed by atoms with Gasteiger partial charge in [0, 0.05) is 32.2 Å². The summed E-state index contributed by atoms with van der Waals surface area (Å²) >= 11 is 1.71. The maximum Gasteiger partial charge on any atom is 0.253 e. The average Bonchev–Trinajstić information content (AvgIpc) is 2.78. The molecule has 0 aliphatic carbocycles. The van der Waals surface area contributed by atoms with Gasteiger partial charge in [-0.25, -0.2) is 0 Å². The normalized spacial score (nSPS) is 17.4. The Hall–Kier alpha value is -2.78. The highest BCUT2D eigenvalue weighted by atomic mass is 32.2. The van der Waals surface area contributed by atoms with Gasteiger partial charge in [-0.1, -0.05) is 42.5 Å². The van der Waals surface area contributed by atoms with Crippen LogP contribution in [0.2, 0.25) is 0 Å². The van der Waals surface area contributed by atoms with Crippen molar-refractivity contribution in [1.29, 1.82) is 0 Å². The van der Waals surface area contributed by atoms with Gasteiger partial charge in [-0.05, 0) is 35.6 Å². The number of morpholine rings is 1. The van der Waals surface area contributed by atoms with Gasteiger partial charge in [-0.15, -0.1) is 11.8 Å². The van der Waals surface area contributed by atoms with Gasteiger partial charge in [0.2, 0.25) is 0 Å². The Morgan fingerprint density at radius 3 is 2.61 bits per heavy atom. The molecular formula is C23H31N3O4S. The number of dihydropyridines is 1. The van der Waals surface area contributed by atoms with Crippen LogP contribution in [-0.4, -0.2) is 47.3 Å². The van der Waals surface area contributed by atoms with Gasteiger partial charge in [0.15, 0.2) is 0 Å². The first-order chi connectivity index (χ1) is 14.2. The molecule has 2 aromatic carbocycles. The van der Waals surface area contributed by atoms with Crippen LogP contribution in [0.15, 0.2) is 83.1 Å². The molecule has 1 unspecified atom stereocenters. The number of carbonyl (C=O) groups is 1. The quantitative estimate of drug-likeness (QED) is 0.658. The molecule has 7 nitrogen and oxygen atoms in total. The molecule has 2 aliphatic heterocycles. The Kier molecular flexibility index (Phi) is 9.14. The van der Waals surface area contributed by atoms with E-state index in [2.05, 4.69) is 58.2 Å². The first-order valence-corrected chi connectivity index (χ1v) is 10.9. The molecule has 31 heavy (non-hydrogen) atoms. The molecule has 1 saturated heterocycles. The lowest BCUT2D eigenvalue weighted by atomic mass is 10.1. The minimum atomic E-state index is -0.110. The molecule has 1 amide bonds. The van der Waals surface area contributed by atoms with E-state index in [-0.39, 0.29) is 24.5 Å². The molecule has 0 aromatic heterocycles. The predicted octanol–water partition coefficient (Wildman–Crippen LogP) is 1.85. The number of nitrogens with zero attached hydrogens (tertiary/aromatic N) is 1. The van der Waals surface area contributed by atoms with Crippen LogP contribution >= 0.6 is 11.8 Å². The molecule has 6 N–H and O–H groups in total. The highest BCUT2D eigenvalue weighted by Crippen LogP contribution is 2.23. The fraction of sp³-hybridized carbons (Fsp3) is 0.261. The predicted molar refractivity (Wildman–Crippen MR) is 125 cm³/mol. The lowest BCUT2D eigenvalue weighted by Crippen LogP contribution is -2.51. The fourth-order valence-electron chi connectivity index (χ4n) is 3.49. The molecular weight excluding hydrogens is 414 g/mol. The molecule has 168 valence electrons. The molecule has 0 radical (unpaired) electrons. The first-order valence-electron chi connectivity index (χ1n) is 9.72. The van der Waals surface area contributed by atoms with Crippen LogP contribution in [0.5, 0.6) is 0 Å². The van der Waals surface area contributed by atoms with Gasteiger partial charge >= 0.3 is 0 Å². The topological polar surface area (TPSA) is 117 Å². The Bertz CT molecular complexity index is 923. The maximum absolute atomic E-state index is 12.6. The molecule has 0 spiro atoms. The molecule has 0 bridgehead atoms. The number of thioether (sulfide) groups is 1. The van der Waals surface area contributed by atoms with Gasteiger partial charge in [0.05, 0.1) is 5.57 Å². The van der Waals surface area contributed by atoms with Crippen molar-refractivity contribution in [2.45, 2.75) is 24.2 Å². The summed E-state index contributed by atoms with van der Waals surface area (Å²) < 4.78 is 5.85. The monoisotopic (exact) mass is 445 g/mol. The van der Waals surface area contributed by atoms with Crippen LogP contribution in [0.3, 0.4) is 0 Å². The van der Waals surface area contributed by atoms with E-state index in [1.54, 1.807) is 18.0 Å². The summed E-state index contributed by atoms with van der Waals surface area (Å²) in [5, 5.41) is 6.33. The summed E-state index contributed by atoms with van der Waals surface area (Å²) in [5.74, 6) is 0.685.